The lowest BCUT2D eigenvalue weighted by molar-refractivity contribution is 0.188. The van der Waals surface area contributed by atoms with E-state index in [-0.39, 0.29) is 6.04 Å². The first-order chi connectivity index (χ1) is 10.5. The SMILES string of the molecule is CCC(N)C1CCC(C2Cc3cc(F)c(F)c(F)c3C2)CC1. The van der Waals surface area contributed by atoms with Crippen molar-refractivity contribution < 1.29 is 13.2 Å². The third kappa shape index (κ3) is 2.78. The van der Waals surface area contributed by atoms with Crippen LogP contribution in [0.2, 0.25) is 0 Å². The minimum atomic E-state index is -1.32. The quantitative estimate of drug-likeness (QED) is 0.825. The Hall–Kier alpha value is -1.03. The predicted octanol–water partition coefficient (Wildman–Crippen LogP) is 4.36. The number of benzene rings is 1. The van der Waals surface area contributed by atoms with Crippen LogP contribution in [0.3, 0.4) is 0 Å². The summed E-state index contributed by atoms with van der Waals surface area (Å²) < 4.78 is 40.6. The van der Waals surface area contributed by atoms with Gasteiger partial charge in [0.25, 0.3) is 0 Å². The smallest absolute Gasteiger partial charge is 0.194 e. The van der Waals surface area contributed by atoms with Crippen molar-refractivity contribution in [2.45, 2.75) is 57.9 Å². The van der Waals surface area contributed by atoms with Gasteiger partial charge in [-0.05, 0) is 79.9 Å². The maximum absolute atomic E-state index is 13.9. The molecule has 1 aromatic carbocycles. The Balaban J connectivity index is 1.66. The molecule has 1 nitrogen and oxygen atoms in total. The summed E-state index contributed by atoms with van der Waals surface area (Å²) >= 11 is 0. The third-order valence-corrected chi connectivity index (χ3v) is 5.86. The highest BCUT2D eigenvalue weighted by Gasteiger charge is 2.35. The van der Waals surface area contributed by atoms with Gasteiger partial charge in [-0.2, -0.15) is 0 Å². The van der Waals surface area contributed by atoms with Gasteiger partial charge in [0.05, 0.1) is 0 Å². The monoisotopic (exact) mass is 311 g/mol. The van der Waals surface area contributed by atoms with E-state index in [1.165, 1.54) is 6.07 Å². The lowest BCUT2D eigenvalue weighted by Gasteiger charge is -2.34. The predicted molar refractivity (Wildman–Crippen MR) is 80.9 cm³/mol. The highest BCUT2D eigenvalue weighted by Crippen LogP contribution is 2.42. The molecule has 2 aliphatic rings. The van der Waals surface area contributed by atoms with Crippen molar-refractivity contribution in [2.75, 3.05) is 0 Å². The number of fused-ring (bicyclic) bond motifs is 1. The van der Waals surface area contributed by atoms with Crippen molar-refractivity contribution in [1.29, 1.82) is 0 Å². The molecular formula is C18H24F3N. The fourth-order valence-electron chi connectivity index (χ4n) is 4.41. The topological polar surface area (TPSA) is 26.0 Å². The Kier molecular flexibility index (Phi) is 4.49. The first-order valence-corrected chi connectivity index (χ1v) is 8.42. The van der Waals surface area contributed by atoms with Crippen molar-refractivity contribution >= 4 is 0 Å². The normalized spacial score (nSPS) is 29.4. The molecule has 2 N–H and O–H groups in total. The average molecular weight is 311 g/mol. The van der Waals surface area contributed by atoms with E-state index in [9.17, 15) is 13.2 Å². The second-order valence-electron chi connectivity index (χ2n) is 7.04. The van der Waals surface area contributed by atoms with E-state index in [4.69, 9.17) is 5.73 Å². The molecule has 0 amide bonds. The summed E-state index contributed by atoms with van der Waals surface area (Å²) in [6, 6.07) is 1.47. The molecular weight excluding hydrogens is 287 g/mol. The Labute approximate surface area is 130 Å². The number of nitrogens with two attached hydrogens (primary N) is 1. The standard InChI is InChI=1S/C18H24F3N/c1-2-16(22)11-5-3-10(4-6-11)12-7-13-9-15(19)18(21)17(20)14(13)8-12/h9-12,16H,2-8,22H2,1H3. The molecule has 0 aromatic heterocycles. The summed E-state index contributed by atoms with van der Waals surface area (Å²) in [5.74, 6) is -1.91. The van der Waals surface area contributed by atoms with E-state index >= 15 is 0 Å². The van der Waals surface area contributed by atoms with E-state index in [1.54, 1.807) is 0 Å². The lowest BCUT2D eigenvalue weighted by Crippen LogP contribution is -2.33. The molecule has 0 heterocycles. The number of hydrogen-bond acceptors (Lipinski definition) is 1. The highest BCUT2D eigenvalue weighted by molar-refractivity contribution is 5.35. The molecule has 2 aliphatic carbocycles. The maximum Gasteiger partial charge on any atom is 0.194 e. The van der Waals surface area contributed by atoms with E-state index in [0.717, 1.165) is 32.1 Å². The van der Waals surface area contributed by atoms with Gasteiger partial charge in [-0.1, -0.05) is 6.92 Å². The summed E-state index contributed by atoms with van der Waals surface area (Å²) in [5, 5.41) is 0. The molecule has 22 heavy (non-hydrogen) atoms. The molecule has 3 rings (SSSR count). The molecule has 0 aliphatic heterocycles. The zero-order valence-corrected chi connectivity index (χ0v) is 13.0. The van der Waals surface area contributed by atoms with Crippen LogP contribution in [0.25, 0.3) is 0 Å². The van der Waals surface area contributed by atoms with Gasteiger partial charge in [-0.25, -0.2) is 13.2 Å². The molecule has 122 valence electrons. The van der Waals surface area contributed by atoms with Gasteiger partial charge in [-0.15, -0.1) is 0 Å². The van der Waals surface area contributed by atoms with Crippen LogP contribution in [0.1, 0.15) is 50.2 Å². The molecule has 0 radical (unpaired) electrons. The molecule has 1 saturated carbocycles. The van der Waals surface area contributed by atoms with Crippen LogP contribution in [0.4, 0.5) is 13.2 Å². The third-order valence-electron chi connectivity index (χ3n) is 5.86. The number of hydrogen-bond donors (Lipinski definition) is 1. The Morgan fingerprint density at radius 3 is 2.36 bits per heavy atom. The van der Waals surface area contributed by atoms with Gasteiger partial charge in [0.2, 0.25) is 0 Å². The van der Waals surface area contributed by atoms with Crippen LogP contribution in [0.15, 0.2) is 6.07 Å². The van der Waals surface area contributed by atoms with Crippen LogP contribution in [0.5, 0.6) is 0 Å². The minimum Gasteiger partial charge on any atom is -0.327 e. The Morgan fingerprint density at radius 2 is 1.73 bits per heavy atom. The van der Waals surface area contributed by atoms with Crippen LogP contribution in [-0.2, 0) is 12.8 Å². The van der Waals surface area contributed by atoms with Crippen LogP contribution in [0, 0.1) is 35.2 Å². The summed E-state index contributed by atoms with van der Waals surface area (Å²) in [4.78, 5) is 0. The van der Waals surface area contributed by atoms with E-state index in [1.807, 2.05) is 0 Å². The summed E-state index contributed by atoms with van der Waals surface area (Å²) in [5.41, 5.74) is 7.20. The van der Waals surface area contributed by atoms with Crippen LogP contribution >= 0.6 is 0 Å². The lowest BCUT2D eigenvalue weighted by atomic mass is 9.72. The van der Waals surface area contributed by atoms with E-state index < -0.39 is 17.5 Å². The van der Waals surface area contributed by atoms with Gasteiger partial charge in [-0.3, -0.25) is 0 Å². The largest absolute Gasteiger partial charge is 0.327 e. The average Bonchev–Trinajstić information content (AvgIpc) is 2.96. The molecule has 0 spiro atoms. The Morgan fingerprint density at radius 1 is 1.05 bits per heavy atom. The van der Waals surface area contributed by atoms with Crippen molar-refractivity contribution in [2.24, 2.45) is 23.5 Å². The van der Waals surface area contributed by atoms with Gasteiger partial charge in [0, 0.05) is 6.04 Å². The van der Waals surface area contributed by atoms with Crippen LogP contribution < -0.4 is 5.73 Å². The summed E-state index contributed by atoms with van der Waals surface area (Å²) in [6.07, 6.45) is 6.68. The second-order valence-corrected chi connectivity index (χ2v) is 7.04. The molecule has 0 saturated heterocycles. The maximum atomic E-state index is 13.9. The van der Waals surface area contributed by atoms with Gasteiger partial charge >= 0.3 is 0 Å². The Bertz CT molecular complexity index is 550. The first-order valence-electron chi connectivity index (χ1n) is 8.42. The molecule has 2 unspecified atom stereocenters. The second kappa shape index (κ2) is 6.23. The zero-order valence-electron chi connectivity index (χ0n) is 13.0. The molecule has 0 bridgehead atoms. The number of rotatable bonds is 3. The van der Waals surface area contributed by atoms with Crippen molar-refractivity contribution in [1.82, 2.24) is 0 Å². The summed E-state index contributed by atoms with van der Waals surface area (Å²) in [7, 11) is 0. The fourth-order valence-corrected chi connectivity index (χ4v) is 4.41. The van der Waals surface area contributed by atoms with Gasteiger partial charge in [0.15, 0.2) is 17.5 Å². The molecule has 1 fully saturated rings. The van der Waals surface area contributed by atoms with Crippen molar-refractivity contribution in [3.05, 3.63) is 34.6 Å². The highest BCUT2D eigenvalue weighted by atomic mass is 19.2. The van der Waals surface area contributed by atoms with Gasteiger partial charge < -0.3 is 5.73 Å². The van der Waals surface area contributed by atoms with Crippen molar-refractivity contribution in [3.8, 4) is 0 Å². The number of halogens is 3. The van der Waals surface area contributed by atoms with Crippen molar-refractivity contribution in [3.63, 3.8) is 0 Å². The molecule has 2 atom stereocenters. The van der Waals surface area contributed by atoms with Crippen LogP contribution in [-0.4, -0.2) is 6.04 Å². The van der Waals surface area contributed by atoms with E-state index in [2.05, 4.69) is 6.92 Å². The minimum absolute atomic E-state index is 0.280. The van der Waals surface area contributed by atoms with Gasteiger partial charge in [0.1, 0.15) is 0 Å². The molecule has 4 heteroatoms. The first kappa shape index (κ1) is 15.9. The zero-order chi connectivity index (χ0) is 15.9. The van der Waals surface area contributed by atoms with E-state index in [0.29, 0.717) is 41.7 Å². The summed E-state index contributed by atoms with van der Waals surface area (Å²) in [6.45, 7) is 2.12. The fraction of sp³-hybridized carbons (Fsp3) is 0.667. The molecule has 1 aromatic rings.